The maximum Gasteiger partial charge on any atom is -0.00849 e. The molecule has 0 N–H and O–H groups in total. The number of hydrogen-bond donors (Lipinski definition) is 0. The van der Waals surface area contributed by atoms with E-state index in [-0.39, 0.29) is 0 Å². The number of hydrogen-bond acceptors (Lipinski definition) is 0. The topological polar surface area (TPSA) is 0 Å². The Morgan fingerprint density at radius 1 is 1.27 bits per heavy atom. The van der Waals surface area contributed by atoms with Gasteiger partial charge in [-0.05, 0) is 60.7 Å². The second kappa shape index (κ2) is 2.90. The zero-order valence-corrected chi connectivity index (χ0v) is 10.4. The summed E-state index contributed by atoms with van der Waals surface area (Å²) in [4.78, 5) is 0. The van der Waals surface area contributed by atoms with E-state index in [2.05, 4.69) is 27.4 Å². The van der Waals surface area contributed by atoms with Crippen LogP contribution in [0, 0.1) is 35.0 Å². The number of allylic oxidation sites excluding steroid dienone is 1. The van der Waals surface area contributed by atoms with E-state index < -0.39 is 0 Å². The highest BCUT2D eigenvalue weighted by atomic mass is 14.7. The summed E-state index contributed by atoms with van der Waals surface area (Å²) in [6, 6.07) is 0. The van der Waals surface area contributed by atoms with Gasteiger partial charge < -0.3 is 0 Å². The predicted octanol–water partition coefficient (Wildman–Crippen LogP) is 4.27. The third kappa shape index (κ3) is 1.04. The fourth-order valence-corrected chi connectivity index (χ4v) is 5.22. The van der Waals surface area contributed by atoms with Gasteiger partial charge in [-0.15, -0.1) is 0 Å². The molecule has 5 atom stereocenters. The fraction of sp³-hybridized carbons (Fsp3) is 0.867. The molecule has 3 aliphatic carbocycles. The molecular formula is C15H24. The molecule has 0 aromatic heterocycles. The van der Waals surface area contributed by atoms with Crippen molar-refractivity contribution in [1.29, 1.82) is 0 Å². The molecule has 0 amide bonds. The van der Waals surface area contributed by atoms with E-state index in [1.165, 1.54) is 25.7 Å². The summed E-state index contributed by atoms with van der Waals surface area (Å²) < 4.78 is 0. The molecule has 0 aromatic rings. The van der Waals surface area contributed by atoms with Crippen LogP contribution in [0.1, 0.15) is 46.5 Å². The summed E-state index contributed by atoms with van der Waals surface area (Å²) in [6.45, 7) is 11.8. The van der Waals surface area contributed by atoms with Crippen molar-refractivity contribution in [3.8, 4) is 0 Å². The van der Waals surface area contributed by atoms with E-state index >= 15 is 0 Å². The second-order valence-corrected chi connectivity index (χ2v) is 6.76. The van der Waals surface area contributed by atoms with Gasteiger partial charge in [-0.2, -0.15) is 0 Å². The van der Waals surface area contributed by atoms with Crippen molar-refractivity contribution in [3.63, 3.8) is 0 Å². The summed E-state index contributed by atoms with van der Waals surface area (Å²) in [6.07, 6.45) is 5.83. The van der Waals surface area contributed by atoms with Gasteiger partial charge in [0.15, 0.2) is 0 Å². The molecule has 84 valence electrons. The van der Waals surface area contributed by atoms with Gasteiger partial charge in [-0.3, -0.25) is 0 Å². The van der Waals surface area contributed by atoms with Crippen molar-refractivity contribution in [3.05, 3.63) is 12.2 Å². The van der Waals surface area contributed by atoms with Crippen LogP contribution >= 0.6 is 0 Å². The Morgan fingerprint density at radius 2 is 2.00 bits per heavy atom. The molecule has 0 aliphatic heterocycles. The highest BCUT2D eigenvalue weighted by Gasteiger charge is 2.61. The highest BCUT2D eigenvalue weighted by Crippen LogP contribution is 2.69. The van der Waals surface area contributed by atoms with Crippen molar-refractivity contribution in [2.45, 2.75) is 46.5 Å². The maximum atomic E-state index is 4.45. The molecule has 0 nitrogen and oxygen atoms in total. The first-order valence-electron chi connectivity index (χ1n) is 6.75. The quantitative estimate of drug-likeness (QED) is 0.559. The van der Waals surface area contributed by atoms with Crippen LogP contribution in [0.25, 0.3) is 0 Å². The van der Waals surface area contributed by atoms with Gasteiger partial charge >= 0.3 is 0 Å². The smallest absolute Gasteiger partial charge is 0.00849 e. The van der Waals surface area contributed by atoms with Crippen molar-refractivity contribution in [2.24, 2.45) is 35.0 Å². The average Bonchev–Trinajstić information content (AvgIpc) is 2.65. The molecule has 3 fully saturated rings. The van der Waals surface area contributed by atoms with E-state index in [4.69, 9.17) is 0 Å². The van der Waals surface area contributed by atoms with Crippen molar-refractivity contribution < 1.29 is 0 Å². The lowest BCUT2D eigenvalue weighted by molar-refractivity contribution is 0.0780. The third-order valence-electron chi connectivity index (χ3n) is 6.07. The van der Waals surface area contributed by atoms with E-state index in [1.807, 2.05) is 0 Å². The van der Waals surface area contributed by atoms with Gasteiger partial charge in [0, 0.05) is 0 Å². The van der Waals surface area contributed by atoms with Crippen LogP contribution in [0.3, 0.4) is 0 Å². The lowest BCUT2D eigenvalue weighted by Crippen LogP contribution is -2.35. The first-order chi connectivity index (χ1) is 7.05. The second-order valence-electron chi connectivity index (χ2n) is 6.76. The zero-order valence-electron chi connectivity index (χ0n) is 10.4. The Balaban J connectivity index is 2.00. The van der Waals surface area contributed by atoms with Crippen molar-refractivity contribution in [2.75, 3.05) is 0 Å². The van der Waals surface area contributed by atoms with Gasteiger partial charge in [-0.1, -0.05) is 32.9 Å². The standard InChI is InChI=1S/C15H24/c1-9(2)11-7-8-15(4)10(3)12-5-6-13(15)14(11)12/h9,11-14H,3,5-8H2,1-2,4H3/t11?,12-,13-,14-,15-/m0/s1. The molecule has 0 aromatic carbocycles. The molecule has 3 rings (SSSR count). The maximum absolute atomic E-state index is 4.45. The molecule has 4 bridgehead atoms. The number of rotatable bonds is 1. The fourth-order valence-electron chi connectivity index (χ4n) is 5.22. The van der Waals surface area contributed by atoms with Crippen LogP contribution in [0.2, 0.25) is 0 Å². The molecule has 3 saturated carbocycles. The molecular weight excluding hydrogens is 180 g/mol. The first kappa shape index (κ1) is 9.93. The van der Waals surface area contributed by atoms with Gasteiger partial charge in [0.25, 0.3) is 0 Å². The van der Waals surface area contributed by atoms with Crippen LogP contribution in [0.4, 0.5) is 0 Å². The monoisotopic (exact) mass is 204 g/mol. The molecule has 1 unspecified atom stereocenters. The molecule has 0 spiro atoms. The minimum Gasteiger partial charge on any atom is -0.0990 e. The third-order valence-corrected chi connectivity index (χ3v) is 6.07. The van der Waals surface area contributed by atoms with Gasteiger partial charge in [0.2, 0.25) is 0 Å². The lowest BCUT2D eigenvalue weighted by atomic mass is 9.62. The molecule has 0 heteroatoms. The van der Waals surface area contributed by atoms with E-state index in [0.29, 0.717) is 5.41 Å². The summed E-state index contributed by atoms with van der Waals surface area (Å²) in [5, 5.41) is 0. The average molecular weight is 204 g/mol. The Labute approximate surface area is 94.1 Å². The summed E-state index contributed by atoms with van der Waals surface area (Å²) >= 11 is 0. The molecule has 15 heavy (non-hydrogen) atoms. The van der Waals surface area contributed by atoms with Crippen LogP contribution in [-0.4, -0.2) is 0 Å². The first-order valence-corrected chi connectivity index (χ1v) is 6.75. The zero-order chi connectivity index (χ0) is 10.8. The van der Waals surface area contributed by atoms with Crippen LogP contribution < -0.4 is 0 Å². The highest BCUT2D eigenvalue weighted by molar-refractivity contribution is 5.29. The van der Waals surface area contributed by atoms with Gasteiger partial charge in [-0.25, -0.2) is 0 Å². The Bertz CT molecular complexity index is 301. The van der Waals surface area contributed by atoms with Crippen molar-refractivity contribution >= 4 is 0 Å². The van der Waals surface area contributed by atoms with Crippen LogP contribution in [0.15, 0.2) is 12.2 Å². The molecule has 0 radical (unpaired) electrons. The van der Waals surface area contributed by atoms with E-state index in [9.17, 15) is 0 Å². The van der Waals surface area contributed by atoms with Gasteiger partial charge in [0.1, 0.15) is 0 Å². The van der Waals surface area contributed by atoms with E-state index in [1.54, 1.807) is 5.57 Å². The summed E-state index contributed by atoms with van der Waals surface area (Å²) in [5.74, 6) is 4.78. The van der Waals surface area contributed by atoms with E-state index in [0.717, 1.165) is 29.6 Å². The van der Waals surface area contributed by atoms with Crippen LogP contribution in [-0.2, 0) is 0 Å². The minimum atomic E-state index is 0.541. The Morgan fingerprint density at radius 3 is 2.67 bits per heavy atom. The summed E-state index contributed by atoms with van der Waals surface area (Å²) in [5.41, 5.74) is 2.17. The normalized spacial score (nSPS) is 52.9. The predicted molar refractivity (Wildman–Crippen MR) is 64.5 cm³/mol. The molecule has 3 aliphatic rings. The lowest BCUT2D eigenvalue weighted by Gasteiger charge is -2.43. The van der Waals surface area contributed by atoms with Crippen molar-refractivity contribution in [1.82, 2.24) is 0 Å². The molecule has 0 saturated heterocycles. The summed E-state index contributed by atoms with van der Waals surface area (Å²) in [7, 11) is 0. The SMILES string of the molecule is C=C1[C@@H]2CC[C@H]3[C@H]2C(C(C)C)CC[C@@]13C. The largest absolute Gasteiger partial charge is 0.0990 e. The Hall–Kier alpha value is -0.260. The van der Waals surface area contributed by atoms with Gasteiger partial charge in [0.05, 0.1) is 0 Å². The van der Waals surface area contributed by atoms with Crippen LogP contribution in [0.5, 0.6) is 0 Å². The molecule has 0 heterocycles. The Kier molecular flexibility index (Phi) is 1.92. The minimum absolute atomic E-state index is 0.541.